The molecule has 2 rings (SSSR count). The van der Waals surface area contributed by atoms with Crippen LogP contribution in [0.2, 0.25) is 0 Å². The normalized spacial score (nSPS) is 16.9. The number of guanidine groups is 1. The quantitative estimate of drug-likeness (QED) is 0.635. The van der Waals surface area contributed by atoms with E-state index in [4.69, 9.17) is 0 Å². The van der Waals surface area contributed by atoms with E-state index in [1.807, 2.05) is 19.2 Å². The minimum absolute atomic E-state index is 0.179. The first-order valence-corrected chi connectivity index (χ1v) is 7.34. The molecule has 1 fully saturated rings. The van der Waals surface area contributed by atoms with Gasteiger partial charge >= 0.3 is 0 Å². The molecule has 1 aromatic rings. The molecular weight excluding hydrogens is 269 g/mol. The number of aliphatic imine (C=N–C) groups is 1. The van der Waals surface area contributed by atoms with Gasteiger partial charge in [-0.25, -0.2) is 4.39 Å². The summed E-state index contributed by atoms with van der Waals surface area (Å²) in [7, 11) is 3.62. The fraction of sp³-hybridized carbons (Fsp3) is 0.533. The molecule has 0 atom stereocenters. The fourth-order valence-electron chi connectivity index (χ4n) is 2.49. The van der Waals surface area contributed by atoms with Gasteiger partial charge in [-0.15, -0.1) is 0 Å². The first kappa shape index (κ1) is 15.6. The van der Waals surface area contributed by atoms with Crippen molar-refractivity contribution in [2.75, 3.05) is 58.3 Å². The Morgan fingerprint density at radius 1 is 1.19 bits per heavy atom. The summed E-state index contributed by atoms with van der Waals surface area (Å²) >= 11 is 0. The average Bonchev–Trinajstić information content (AvgIpc) is 2.53. The van der Waals surface area contributed by atoms with Crippen LogP contribution in [0.25, 0.3) is 0 Å². The van der Waals surface area contributed by atoms with E-state index in [-0.39, 0.29) is 5.82 Å². The second-order valence-corrected chi connectivity index (χ2v) is 5.05. The number of nitrogens with zero attached hydrogens (tertiary/aromatic N) is 3. The van der Waals surface area contributed by atoms with Crippen molar-refractivity contribution in [2.45, 2.75) is 0 Å². The number of hydrogen-bond acceptors (Lipinski definition) is 3. The second-order valence-electron chi connectivity index (χ2n) is 5.05. The van der Waals surface area contributed by atoms with Crippen LogP contribution in [-0.4, -0.2) is 64.2 Å². The van der Waals surface area contributed by atoms with E-state index >= 15 is 0 Å². The summed E-state index contributed by atoms with van der Waals surface area (Å²) in [6, 6.07) is 6.75. The van der Waals surface area contributed by atoms with Gasteiger partial charge in [0.1, 0.15) is 5.82 Å². The number of anilines is 1. The SMILES string of the molecule is CN=C(NC)NCCN1CCN(c2ccc(F)cc2)CC1. The Labute approximate surface area is 125 Å². The Morgan fingerprint density at radius 2 is 1.86 bits per heavy atom. The fourth-order valence-corrected chi connectivity index (χ4v) is 2.49. The van der Waals surface area contributed by atoms with E-state index in [0.717, 1.165) is 50.9 Å². The molecule has 1 heterocycles. The largest absolute Gasteiger partial charge is 0.369 e. The maximum atomic E-state index is 12.9. The maximum Gasteiger partial charge on any atom is 0.190 e. The lowest BCUT2D eigenvalue weighted by Gasteiger charge is -2.36. The zero-order valence-corrected chi connectivity index (χ0v) is 12.8. The highest BCUT2D eigenvalue weighted by atomic mass is 19.1. The molecule has 1 aromatic carbocycles. The molecule has 0 bridgehead atoms. The zero-order chi connectivity index (χ0) is 15.1. The Morgan fingerprint density at radius 3 is 2.43 bits per heavy atom. The first-order chi connectivity index (χ1) is 10.2. The van der Waals surface area contributed by atoms with Gasteiger partial charge < -0.3 is 15.5 Å². The minimum Gasteiger partial charge on any atom is -0.369 e. The molecule has 5 nitrogen and oxygen atoms in total. The molecule has 21 heavy (non-hydrogen) atoms. The van der Waals surface area contributed by atoms with Crippen molar-refractivity contribution in [2.24, 2.45) is 4.99 Å². The van der Waals surface area contributed by atoms with Crippen LogP contribution in [-0.2, 0) is 0 Å². The number of nitrogens with one attached hydrogen (secondary N) is 2. The van der Waals surface area contributed by atoms with Crippen LogP contribution in [0.5, 0.6) is 0 Å². The monoisotopic (exact) mass is 293 g/mol. The lowest BCUT2D eigenvalue weighted by molar-refractivity contribution is 0.261. The van der Waals surface area contributed by atoms with Crippen LogP contribution >= 0.6 is 0 Å². The van der Waals surface area contributed by atoms with Crippen LogP contribution in [0.1, 0.15) is 0 Å². The van der Waals surface area contributed by atoms with E-state index in [1.54, 1.807) is 7.05 Å². The summed E-state index contributed by atoms with van der Waals surface area (Å²) in [6.07, 6.45) is 0. The molecule has 0 radical (unpaired) electrons. The van der Waals surface area contributed by atoms with E-state index in [2.05, 4.69) is 25.4 Å². The number of benzene rings is 1. The van der Waals surface area contributed by atoms with Crippen molar-refractivity contribution in [3.05, 3.63) is 30.1 Å². The predicted molar refractivity (Wildman–Crippen MR) is 85.5 cm³/mol. The molecule has 116 valence electrons. The lowest BCUT2D eigenvalue weighted by atomic mass is 10.2. The average molecular weight is 293 g/mol. The van der Waals surface area contributed by atoms with E-state index < -0.39 is 0 Å². The smallest absolute Gasteiger partial charge is 0.190 e. The van der Waals surface area contributed by atoms with Crippen molar-refractivity contribution < 1.29 is 4.39 Å². The van der Waals surface area contributed by atoms with Gasteiger partial charge in [0, 0.05) is 59.1 Å². The highest BCUT2D eigenvalue weighted by Crippen LogP contribution is 2.16. The Hall–Kier alpha value is -1.82. The standard InChI is InChI=1S/C15H24FN5/c1-17-15(18-2)19-7-8-20-9-11-21(12-10-20)14-5-3-13(16)4-6-14/h3-6H,7-12H2,1-2H3,(H2,17,18,19). The Bertz CT molecular complexity index is 452. The molecule has 1 saturated heterocycles. The third-order valence-electron chi connectivity index (χ3n) is 3.74. The molecule has 0 amide bonds. The second kappa shape index (κ2) is 7.83. The lowest BCUT2D eigenvalue weighted by Crippen LogP contribution is -2.49. The van der Waals surface area contributed by atoms with Crippen LogP contribution in [0.4, 0.5) is 10.1 Å². The molecule has 6 heteroatoms. The summed E-state index contributed by atoms with van der Waals surface area (Å²) in [5, 5.41) is 6.26. The molecule has 0 aliphatic carbocycles. The first-order valence-electron chi connectivity index (χ1n) is 7.34. The summed E-state index contributed by atoms with van der Waals surface area (Å²) in [4.78, 5) is 8.81. The molecule has 2 N–H and O–H groups in total. The van der Waals surface area contributed by atoms with Gasteiger partial charge in [0.25, 0.3) is 0 Å². The van der Waals surface area contributed by atoms with Crippen molar-refractivity contribution in [3.63, 3.8) is 0 Å². The molecule has 1 aliphatic heterocycles. The number of halogens is 1. The molecule has 0 saturated carbocycles. The van der Waals surface area contributed by atoms with Gasteiger partial charge in [0.05, 0.1) is 0 Å². The number of hydrogen-bond donors (Lipinski definition) is 2. The third-order valence-corrected chi connectivity index (χ3v) is 3.74. The van der Waals surface area contributed by atoms with Gasteiger partial charge in [-0.1, -0.05) is 0 Å². The van der Waals surface area contributed by atoms with Gasteiger partial charge in [0.15, 0.2) is 5.96 Å². The zero-order valence-electron chi connectivity index (χ0n) is 12.8. The topological polar surface area (TPSA) is 42.9 Å². The number of rotatable bonds is 4. The Kier molecular flexibility index (Phi) is 5.80. The van der Waals surface area contributed by atoms with Crippen LogP contribution < -0.4 is 15.5 Å². The highest BCUT2D eigenvalue weighted by Gasteiger charge is 2.16. The van der Waals surface area contributed by atoms with E-state index in [1.165, 1.54) is 12.1 Å². The van der Waals surface area contributed by atoms with Crippen LogP contribution in [0.3, 0.4) is 0 Å². The molecule has 1 aliphatic rings. The summed E-state index contributed by atoms with van der Waals surface area (Å²) in [5.41, 5.74) is 1.10. The van der Waals surface area contributed by atoms with E-state index in [9.17, 15) is 4.39 Å². The van der Waals surface area contributed by atoms with Gasteiger partial charge in [-0.3, -0.25) is 9.89 Å². The maximum absolute atomic E-state index is 12.9. The van der Waals surface area contributed by atoms with Crippen molar-refractivity contribution in [1.29, 1.82) is 0 Å². The highest BCUT2D eigenvalue weighted by molar-refractivity contribution is 5.79. The van der Waals surface area contributed by atoms with Gasteiger partial charge in [0.2, 0.25) is 0 Å². The van der Waals surface area contributed by atoms with Gasteiger partial charge in [-0.05, 0) is 24.3 Å². The minimum atomic E-state index is -0.179. The molecule has 0 spiro atoms. The van der Waals surface area contributed by atoms with Crippen molar-refractivity contribution in [3.8, 4) is 0 Å². The van der Waals surface area contributed by atoms with Crippen LogP contribution in [0, 0.1) is 5.82 Å². The third kappa shape index (κ3) is 4.60. The van der Waals surface area contributed by atoms with Crippen LogP contribution in [0.15, 0.2) is 29.3 Å². The number of piperazine rings is 1. The molecular formula is C15H24FN5. The predicted octanol–water partition coefficient (Wildman–Crippen LogP) is 0.742. The summed E-state index contributed by atoms with van der Waals surface area (Å²) in [5.74, 6) is 0.640. The molecule has 0 unspecified atom stereocenters. The van der Waals surface area contributed by atoms with Gasteiger partial charge in [-0.2, -0.15) is 0 Å². The van der Waals surface area contributed by atoms with Crippen molar-refractivity contribution >= 4 is 11.6 Å². The summed E-state index contributed by atoms with van der Waals surface area (Å²) < 4.78 is 12.9. The van der Waals surface area contributed by atoms with Crippen molar-refractivity contribution in [1.82, 2.24) is 15.5 Å². The Balaban J connectivity index is 1.72. The summed E-state index contributed by atoms with van der Waals surface area (Å²) in [6.45, 7) is 5.88. The molecule has 0 aromatic heterocycles. The van der Waals surface area contributed by atoms with E-state index in [0.29, 0.717) is 0 Å².